The summed E-state index contributed by atoms with van der Waals surface area (Å²) in [6.07, 6.45) is 14.3. The number of aryl methyl sites for hydroxylation is 1. The second kappa shape index (κ2) is 9.03. The van der Waals surface area contributed by atoms with E-state index in [1.54, 1.807) is 0 Å². The summed E-state index contributed by atoms with van der Waals surface area (Å²) in [5, 5.41) is 16.0. The Hall–Kier alpha value is -3.91. The van der Waals surface area contributed by atoms with Crippen LogP contribution in [0.3, 0.4) is 0 Å². The van der Waals surface area contributed by atoms with Gasteiger partial charge in [0.05, 0.1) is 40.8 Å². The molecule has 5 aromatic rings. The van der Waals surface area contributed by atoms with Crippen molar-refractivity contribution in [3.8, 4) is 28.5 Å². The lowest BCUT2D eigenvalue weighted by Crippen LogP contribution is -2.09. The maximum atomic E-state index is 9.31. The second-order valence-corrected chi connectivity index (χ2v) is 9.84. The zero-order chi connectivity index (χ0) is 23.8. The topological polar surface area (TPSA) is 59.4 Å². The van der Waals surface area contributed by atoms with Crippen LogP contribution in [0.2, 0.25) is 0 Å². The van der Waals surface area contributed by atoms with E-state index in [9.17, 15) is 5.26 Å². The average Bonchev–Trinajstić information content (AvgIpc) is 3.37. The highest BCUT2D eigenvalue weighted by Crippen LogP contribution is 2.38. The summed E-state index contributed by atoms with van der Waals surface area (Å²) in [5.74, 6) is 0.735. The predicted octanol–water partition coefficient (Wildman–Crippen LogP) is 7.10. The van der Waals surface area contributed by atoms with E-state index < -0.39 is 0 Å². The van der Waals surface area contributed by atoms with Crippen molar-refractivity contribution in [1.29, 1.82) is 5.26 Å². The minimum Gasteiger partial charge on any atom is -0.346 e. The molecule has 0 N–H and O–H groups in total. The fourth-order valence-corrected chi connectivity index (χ4v) is 5.68. The number of rotatable bonds is 4. The van der Waals surface area contributed by atoms with Gasteiger partial charge in [-0.05, 0) is 54.7 Å². The molecular weight excluding hydrogens is 430 g/mol. The van der Waals surface area contributed by atoms with Gasteiger partial charge in [0, 0.05) is 41.7 Å². The van der Waals surface area contributed by atoms with E-state index in [4.69, 9.17) is 4.98 Å². The first-order chi connectivity index (χ1) is 17.2. The van der Waals surface area contributed by atoms with Gasteiger partial charge in [-0.1, -0.05) is 43.9 Å². The largest absolute Gasteiger partial charge is 0.346 e. The molecule has 0 spiro atoms. The van der Waals surface area contributed by atoms with Crippen molar-refractivity contribution >= 4 is 21.8 Å². The fraction of sp³-hybridized carbons (Fsp3) is 0.300. The van der Waals surface area contributed by atoms with Crippen molar-refractivity contribution in [1.82, 2.24) is 19.3 Å². The lowest BCUT2D eigenvalue weighted by molar-refractivity contribution is 0.401. The highest BCUT2D eigenvalue weighted by Gasteiger charge is 2.19. The minimum absolute atomic E-state index is 0.665. The maximum absolute atomic E-state index is 9.31. The molecule has 5 heteroatoms. The van der Waals surface area contributed by atoms with Crippen LogP contribution in [0, 0.1) is 17.2 Å². The van der Waals surface area contributed by atoms with Crippen molar-refractivity contribution in [3.05, 3.63) is 72.7 Å². The Balaban J connectivity index is 1.50. The van der Waals surface area contributed by atoms with Gasteiger partial charge in [0.15, 0.2) is 0 Å². The summed E-state index contributed by atoms with van der Waals surface area (Å²) in [6, 6.07) is 18.8. The molecule has 1 saturated carbocycles. The standard InChI is InChI=1S/C30H29N5/c1-34-27-13-12-24(16-25(27)18-33-34)30-29(23-10-8-21(17-31)9-11-23)26-14-15-35(28(26)19-32-30)20-22-6-4-2-3-5-7-22/h8-16,18-19,22H,2-7,20H2,1H3. The number of benzene rings is 2. The molecule has 3 heterocycles. The molecule has 2 aromatic carbocycles. The second-order valence-electron chi connectivity index (χ2n) is 9.84. The van der Waals surface area contributed by atoms with E-state index >= 15 is 0 Å². The molecule has 1 aliphatic rings. The summed E-state index contributed by atoms with van der Waals surface area (Å²) in [6.45, 7) is 1.05. The first-order valence-corrected chi connectivity index (χ1v) is 12.6. The highest BCUT2D eigenvalue weighted by molar-refractivity contribution is 6.02. The zero-order valence-electron chi connectivity index (χ0n) is 20.1. The van der Waals surface area contributed by atoms with Crippen LogP contribution in [-0.2, 0) is 13.6 Å². The van der Waals surface area contributed by atoms with Crippen molar-refractivity contribution in [2.45, 2.75) is 45.1 Å². The SMILES string of the molecule is Cn1ncc2cc(-c3ncc4c(ccn4CC4CCCCCC4)c3-c3ccc(C#N)cc3)ccc21. The van der Waals surface area contributed by atoms with Crippen molar-refractivity contribution in [3.63, 3.8) is 0 Å². The van der Waals surface area contributed by atoms with E-state index in [2.05, 4.69) is 46.2 Å². The molecule has 1 aliphatic carbocycles. The van der Waals surface area contributed by atoms with Crippen LogP contribution in [0.1, 0.15) is 44.1 Å². The first kappa shape index (κ1) is 21.6. The van der Waals surface area contributed by atoms with Crippen LogP contribution in [0.25, 0.3) is 44.2 Å². The van der Waals surface area contributed by atoms with E-state index in [-0.39, 0.29) is 0 Å². The van der Waals surface area contributed by atoms with Gasteiger partial charge in [-0.15, -0.1) is 0 Å². The summed E-state index contributed by atoms with van der Waals surface area (Å²) in [5.41, 5.74) is 7.18. The van der Waals surface area contributed by atoms with Gasteiger partial charge >= 0.3 is 0 Å². The number of aromatic nitrogens is 4. The van der Waals surface area contributed by atoms with Gasteiger partial charge in [0.25, 0.3) is 0 Å². The van der Waals surface area contributed by atoms with E-state index in [0.717, 1.165) is 45.7 Å². The molecule has 174 valence electrons. The van der Waals surface area contributed by atoms with Gasteiger partial charge in [-0.2, -0.15) is 10.4 Å². The van der Waals surface area contributed by atoms with Gasteiger partial charge in [0.2, 0.25) is 0 Å². The molecular formula is C30H29N5. The van der Waals surface area contributed by atoms with Crippen LogP contribution in [-0.4, -0.2) is 19.3 Å². The average molecular weight is 460 g/mol. The third kappa shape index (κ3) is 4.00. The molecule has 0 unspecified atom stereocenters. The first-order valence-electron chi connectivity index (χ1n) is 12.6. The van der Waals surface area contributed by atoms with E-state index in [1.807, 2.05) is 48.4 Å². The van der Waals surface area contributed by atoms with Gasteiger partial charge in [0.1, 0.15) is 0 Å². The Morgan fingerprint density at radius 1 is 0.914 bits per heavy atom. The predicted molar refractivity (Wildman–Crippen MR) is 141 cm³/mol. The molecule has 5 nitrogen and oxygen atoms in total. The van der Waals surface area contributed by atoms with E-state index in [0.29, 0.717) is 5.56 Å². The fourth-order valence-electron chi connectivity index (χ4n) is 5.68. The molecule has 3 aromatic heterocycles. The summed E-state index contributed by atoms with van der Waals surface area (Å²) in [7, 11) is 1.96. The number of pyridine rings is 1. The number of hydrogen-bond donors (Lipinski definition) is 0. The normalized spacial score (nSPS) is 14.9. The lowest BCUT2D eigenvalue weighted by atomic mass is 9.95. The zero-order valence-corrected chi connectivity index (χ0v) is 20.1. The van der Waals surface area contributed by atoms with Crippen LogP contribution in [0.4, 0.5) is 0 Å². The van der Waals surface area contributed by atoms with Gasteiger partial charge in [-0.25, -0.2) is 0 Å². The monoisotopic (exact) mass is 459 g/mol. The van der Waals surface area contributed by atoms with Crippen LogP contribution < -0.4 is 0 Å². The maximum Gasteiger partial charge on any atom is 0.0991 e. The Labute approximate surface area is 205 Å². The molecule has 0 amide bonds. The molecule has 0 saturated heterocycles. The molecule has 0 atom stereocenters. The van der Waals surface area contributed by atoms with Crippen molar-refractivity contribution < 1.29 is 0 Å². The van der Waals surface area contributed by atoms with Gasteiger partial charge < -0.3 is 4.57 Å². The lowest BCUT2D eigenvalue weighted by Gasteiger charge is -2.17. The Bertz CT molecular complexity index is 1540. The Morgan fingerprint density at radius 2 is 1.69 bits per heavy atom. The summed E-state index contributed by atoms with van der Waals surface area (Å²) >= 11 is 0. The van der Waals surface area contributed by atoms with Crippen LogP contribution >= 0.6 is 0 Å². The summed E-state index contributed by atoms with van der Waals surface area (Å²) < 4.78 is 4.30. The smallest absolute Gasteiger partial charge is 0.0991 e. The number of fused-ring (bicyclic) bond motifs is 2. The molecule has 0 bridgehead atoms. The van der Waals surface area contributed by atoms with E-state index in [1.165, 1.54) is 49.4 Å². The highest BCUT2D eigenvalue weighted by atomic mass is 15.2. The van der Waals surface area contributed by atoms with Crippen LogP contribution in [0.5, 0.6) is 0 Å². The Kier molecular flexibility index (Phi) is 5.58. The Morgan fingerprint density at radius 3 is 2.46 bits per heavy atom. The molecule has 35 heavy (non-hydrogen) atoms. The summed E-state index contributed by atoms with van der Waals surface area (Å²) in [4.78, 5) is 5.04. The number of hydrogen-bond acceptors (Lipinski definition) is 3. The number of nitrogens with zero attached hydrogens (tertiary/aromatic N) is 5. The molecule has 1 fully saturated rings. The number of nitriles is 1. The minimum atomic E-state index is 0.665. The third-order valence-electron chi connectivity index (χ3n) is 7.58. The van der Waals surface area contributed by atoms with Crippen LogP contribution in [0.15, 0.2) is 67.1 Å². The molecule has 0 radical (unpaired) electrons. The van der Waals surface area contributed by atoms with Crippen molar-refractivity contribution in [2.75, 3.05) is 0 Å². The third-order valence-corrected chi connectivity index (χ3v) is 7.58. The quantitative estimate of drug-likeness (QED) is 0.269. The van der Waals surface area contributed by atoms with Gasteiger partial charge in [-0.3, -0.25) is 9.67 Å². The molecule has 0 aliphatic heterocycles. The molecule has 6 rings (SSSR count). The van der Waals surface area contributed by atoms with Crippen molar-refractivity contribution in [2.24, 2.45) is 13.0 Å².